The molecule has 0 bridgehead atoms. The first kappa shape index (κ1) is 24.6. The summed E-state index contributed by atoms with van der Waals surface area (Å²) in [5.74, 6) is -0.269. The number of aromatic carboxylic acids is 1. The zero-order valence-electron chi connectivity index (χ0n) is 19.5. The minimum Gasteiger partial charge on any atom is -0.493 e. The second-order valence-corrected chi connectivity index (χ2v) is 8.70. The number of carboxylic acid groups (broad SMARTS) is 1. The average Bonchev–Trinajstić information content (AvgIpc) is 3.15. The van der Waals surface area contributed by atoms with E-state index in [9.17, 15) is 20.0 Å². The highest BCUT2D eigenvalue weighted by atomic mass is 32.2. The molecule has 3 aromatic carbocycles. The lowest BCUT2D eigenvalue weighted by molar-refractivity contribution is -0.121. The third-order valence-corrected chi connectivity index (χ3v) is 6.39. The summed E-state index contributed by atoms with van der Waals surface area (Å²) in [5.41, 5.74) is 2.61. The Bertz CT molecular complexity index is 1440. The van der Waals surface area contributed by atoms with E-state index in [1.54, 1.807) is 55.6 Å². The molecule has 8 nitrogen and oxygen atoms in total. The van der Waals surface area contributed by atoms with Crippen molar-refractivity contribution in [1.29, 1.82) is 5.26 Å². The fourth-order valence-corrected chi connectivity index (χ4v) is 4.41. The van der Waals surface area contributed by atoms with E-state index in [1.807, 2.05) is 12.1 Å². The van der Waals surface area contributed by atoms with Crippen LogP contribution in [0.2, 0.25) is 0 Å². The number of carbonyl (C=O) groups is 2. The molecule has 1 heterocycles. The normalized spacial score (nSPS) is 15.2. The number of amides is 1. The van der Waals surface area contributed by atoms with Crippen LogP contribution in [-0.4, -0.2) is 41.2 Å². The Kier molecular flexibility index (Phi) is 7.37. The summed E-state index contributed by atoms with van der Waals surface area (Å²) in [6.07, 6.45) is 1.73. The maximum Gasteiger partial charge on any atom is 0.335 e. The third-order valence-electron chi connectivity index (χ3n) is 5.33. The lowest BCUT2D eigenvalue weighted by Crippen LogP contribution is -2.23. The summed E-state index contributed by atoms with van der Waals surface area (Å²) >= 11 is 1.20. The highest BCUT2D eigenvalue weighted by Crippen LogP contribution is 2.35. The molecule has 0 radical (unpaired) electrons. The van der Waals surface area contributed by atoms with Gasteiger partial charge < -0.3 is 14.6 Å². The molecule has 0 unspecified atom stereocenters. The molecular formula is C27H21N3O5S. The van der Waals surface area contributed by atoms with E-state index >= 15 is 0 Å². The van der Waals surface area contributed by atoms with Gasteiger partial charge in [0.1, 0.15) is 6.61 Å². The highest BCUT2D eigenvalue weighted by Gasteiger charge is 2.30. The monoisotopic (exact) mass is 499 g/mol. The molecule has 3 aromatic rings. The van der Waals surface area contributed by atoms with Crippen molar-refractivity contribution in [3.05, 3.63) is 93.9 Å². The number of benzene rings is 3. The van der Waals surface area contributed by atoms with Gasteiger partial charge in [0.05, 0.1) is 34.9 Å². The van der Waals surface area contributed by atoms with Crippen molar-refractivity contribution in [2.75, 3.05) is 14.2 Å². The van der Waals surface area contributed by atoms with E-state index in [4.69, 9.17) is 9.47 Å². The summed E-state index contributed by atoms with van der Waals surface area (Å²) < 4.78 is 11.4. The number of likely N-dealkylation sites (N-methyl/N-ethyl adjacent to an activating group) is 1. The first-order valence-corrected chi connectivity index (χ1v) is 11.6. The lowest BCUT2D eigenvalue weighted by atomic mass is 10.1. The van der Waals surface area contributed by atoms with Crippen LogP contribution in [0.1, 0.15) is 27.0 Å². The van der Waals surface area contributed by atoms with Crippen LogP contribution >= 0.6 is 11.8 Å². The van der Waals surface area contributed by atoms with Gasteiger partial charge in [-0.05, 0) is 59.8 Å². The predicted molar refractivity (Wildman–Crippen MR) is 137 cm³/mol. The molecular weight excluding hydrogens is 478 g/mol. The number of hydrogen-bond acceptors (Lipinski definition) is 7. The van der Waals surface area contributed by atoms with Gasteiger partial charge in [-0.3, -0.25) is 9.69 Å². The van der Waals surface area contributed by atoms with Crippen LogP contribution in [0.15, 0.2) is 76.6 Å². The fourth-order valence-electron chi connectivity index (χ4n) is 3.43. The minimum absolute atomic E-state index is 0.120. The summed E-state index contributed by atoms with van der Waals surface area (Å²) in [6.45, 7) is 0.211. The van der Waals surface area contributed by atoms with Crippen molar-refractivity contribution < 1.29 is 24.2 Å². The van der Waals surface area contributed by atoms with Crippen LogP contribution in [0.3, 0.4) is 0 Å². The number of hydrogen-bond donors (Lipinski definition) is 1. The number of nitriles is 1. The van der Waals surface area contributed by atoms with E-state index < -0.39 is 5.97 Å². The van der Waals surface area contributed by atoms with E-state index in [-0.39, 0.29) is 18.1 Å². The van der Waals surface area contributed by atoms with Crippen LogP contribution in [-0.2, 0) is 11.4 Å². The SMILES string of the molecule is COc1cc(/C=C2/SC(=Nc3cccc(C(=O)O)c3)N(C)C2=O)ccc1OCc1ccccc1C#N. The van der Waals surface area contributed by atoms with E-state index in [0.29, 0.717) is 32.8 Å². The van der Waals surface area contributed by atoms with Gasteiger partial charge in [-0.2, -0.15) is 5.26 Å². The Balaban J connectivity index is 1.54. The maximum absolute atomic E-state index is 12.8. The number of amidine groups is 1. The molecule has 36 heavy (non-hydrogen) atoms. The Hall–Kier alpha value is -4.55. The number of ether oxygens (including phenoxy) is 2. The van der Waals surface area contributed by atoms with E-state index in [1.165, 1.54) is 35.9 Å². The molecule has 0 saturated carbocycles. The van der Waals surface area contributed by atoms with Crippen molar-refractivity contribution in [3.63, 3.8) is 0 Å². The van der Waals surface area contributed by atoms with Gasteiger partial charge in [0.25, 0.3) is 5.91 Å². The maximum atomic E-state index is 12.8. The molecule has 0 atom stereocenters. The van der Waals surface area contributed by atoms with Crippen molar-refractivity contribution >= 4 is 40.6 Å². The largest absolute Gasteiger partial charge is 0.493 e. The molecule has 1 amide bonds. The molecule has 1 aliphatic heterocycles. The molecule has 1 N–H and O–H groups in total. The number of nitrogens with zero attached hydrogens (tertiary/aromatic N) is 3. The van der Waals surface area contributed by atoms with Crippen LogP contribution in [0.5, 0.6) is 11.5 Å². The van der Waals surface area contributed by atoms with Gasteiger partial charge >= 0.3 is 5.97 Å². The summed E-state index contributed by atoms with van der Waals surface area (Å²) in [5, 5.41) is 18.9. The Morgan fingerprint density at radius 3 is 2.69 bits per heavy atom. The van der Waals surface area contributed by atoms with Gasteiger partial charge in [-0.15, -0.1) is 0 Å². The quantitative estimate of drug-likeness (QED) is 0.451. The number of carboxylic acids is 1. The lowest BCUT2D eigenvalue weighted by Gasteiger charge is -2.12. The number of aliphatic imine (C=N–C) groups is 1. The smallest absolute Gasteiger partial charge is 0.335 e. The number of thioether (sulfide) groups is 1. The minimum atomic E-state index is -1.04. The molecule has 1 aliphatic rings. The summed E-state index contributed by atoms with van der Waals surface area (Å²) in [7, 11) is 3.15. The molecule has 9 heteroatoms. The molecule has 0 aliphatic carbocycles. The van der Waals surface area contributed by atoms with Crippen LogP contribution in [0, 0.1) is 11.3 Å². The van der Waals surface area contributed by atoms with Crippen LogP contribution in [0.4, 0.5) is 5.69 Å². The Labute approximate surface area is 212 Å². The fraction of sp³-hybridized carbons (Fsp3) is 0.111. The molecule has 1 fully saturated rings. The first-order chi connectivity index (χ1) is 17.4. The van der Waals surface area contributed by atoms with Crippen LogP contribution in [0.25, 0.3) is 6.08 Å². The summed E-state index contributed by atoms with van der Waals surface area (Å²) in [6, 6.07) is 20.9. The van der Waals surface area contributed by atoms with Gasteiger partial charge in [0.2, 0.25) is 0 Å². The summed E-state index contributed by atoms with van der Waals surface area (Å²) in [4.78, 5) is 30.4. The van der Waals surface area contributed by atoms with Gasteiger partial charge in [0.15, 0.2) is 16.7 Å². The molecule has 0 spiro atoms. The zero-order chi connectivity index (χ0) is 25.7. The first-order valence-electron chi connectivity index (χ1n) is 10.8. The average molecular weight is 500 g/mol. The van der Waals surface area contributed by atoms with Gasteiger partial charge in [0, 0.05) is 12.6 Å². The Morgan fingerprint density at radius 1 is 1.14 bits per heavy atom. The third kappa shape index (κ3) is 5.40. The van der Waals surface area contributed by atoms with Gasteiger partial charge in [-0.1, -0.05) is 30.3 Å². The second-order valence-electron chi connectivity index (χ2n) is 7.69. The number of carbonyl (C=O) groups excluding carboxylic acids is 1. The molecule has 0 aromatic heterocycles. The number of methoxy groups -OCH3 is 1. The molecule has 4 rings (SSSR count). The van der Waals surface area contributed by atoms with Crippen molar-refractivity contribution in [2.45, 2.75) is 6.61 Å². The standard InChI is InChI=1S/C27H21N3O5S/c1-30-25(31)24(36-27(30)29-21-9-5-8-18(14-21)26(32)33)13-17-10-11-22(23(12-17)34-2)35-16-20-7-4-3-6-19(20)15-28/h3-14H,16H2,1-2H3,(H,32,33)/b24-13+,29-27?. The van der Waals surface area contributed by atoms with Crippen molar-refractivity contribution in [1.82, 2.24) is 4.90 Å². The zero-order valence-corrected chi connectivity index (χ0v) is 20.3. The van der Waals surface area contributed by atoms with Crippen molar-refractivity contribution in [3.8, 4) is 17.6 Å². The predicted octanol–water partition coefficient (Wildman–Crippen LogP) is 5.08. The molecule has 180 valence electrons. The van der Waals surface area contributed by atoms with Crippen LogP contribution < -0.4 is 9.47 Å². The second kappa shape index (κ2) is 10.8. The van der Waals surface area contributed by atoms with Gasteiger partial charge in [-0.25, -0.2) is 9.79 Å². The van der Waals surface area contributed by atoms with Crippen molar-refractivity contribution in [2.24, 2.45) is 4.99 Å². The van der Waals surface area contributed by atoms with E-state index in [2.05, 4.69) is 11.1 Å². The van der Waals surface area contributed by atoms with E-state index in [0.717, 1.165) is 11.1 Å². The molecule has 1 saturated heterocycles. The topological polar surface area (TPSA) is 112 Å². The highest BCUT2D eigenvalue weighted by molar-refractivity contribution is 8.18. The number of rotatable bonds is 7. The Morgan fingerprint density at radius 2 is 1.94 bits per heavy atom.